The number of carbonyl (C=O) groups is 1. The summed E-state index contributed by atoms with van der Waals surface area (Å²) in [5, 5.41) is 2.72. The van der Waals surface area contributed by atoms with Crippen LogP contribution in [0.2, 0.25) is 5.02 Å². The van der Waals surface area contributed by atoms with E-state index < -0.39 is 15.9 Å². The van der Waals surface area contributed by atoms with Gasteiger partial charge in [-0.2, -0.15) is 4.31 Å². The van der Waals surface area contributed by atoms with E-state index in [1.165, 1.54) is 40.8 Å². The van der Waals surface area contributed by atoms with Crippen LogP contribution in [0.15, 0.2) is 71.9 Å². The Kier molecular flexibility index (Phi) is 6.40. The average molecular weight is 475 g/mol. The number of nitrogens with zero attached hydrogens (tertiary/aromatic N) is 3. The molecule has 4 rings (SSSR count). The van der Waals surface area contributed by atoms with Crippen LogP contribution in [0.5, 0.6) is 0 Å². The minimum Gasteiger partial charge on any atom is -0.369 e. The van der Waals surface area contributed by atoms with E-state index in [1.54, 1.807) is 30.5 Å². The number of aromatic nitrogens is 1. The van der Waals surface area contributed by atoms with Crippen LogP contribution in [0.4, 0.5) is 15.8 Å². The highest BCUT2D eigenvalue weighted by Crippen LogP contribution is 2.28. The Labute approximate surface area is 190 Å². The number of halogens is 2. The van der Waals surface area contributed by atoms with Crippen LogP contribution in [0, 0.1) is 5.82 Å². The summed E-state index contributed by atoms with van der Waals surface area (Å²) in [6.45, 7) is 1.37. The van der Waals surface area contributed by atoms with Gasteiger partial charge in [-0.15, -0.1) is 0 Å². The molecular formula is C22H20ClFN4O3S. The Balaban J connectivity index is 1.50. The lowest BCUT2D eigenvalue weighted by molar-refractivity contribution is 0.102. The molecule has 1 N–H and O–H groups in total. The Bertz CT molecular complexity index is 1220. The number of pyridine rings is 1. The third kappa shape index (κ3) is 4.74. The highest BCUT2D eigenvalue weighted by molar-refractivity contribution is 7.89. The van der Waals surface area contributed by atoms with Crippen LogP contribution in [0.3, 0.4) is 0 Å². The molecular weight excluding hydrogens is 455 g/mol. The minimum atomic E-state index is -3.91. The van der Waals surface area contributed by atoms with Gasteiger partial charge in [-0.05, 0) is 54.6 Å². The van der Waals surface area contributed by atoms with Gasteiger partial charge >= 0.3 is 0 Å². The summed E-state index contributed by atoms with van der Waals surface area (Å²) in [5.74, 6) is -0.788. The van der Waals surface area contributed by atoms with Crippen molar-refractivity contribution >= 4 is 38.9 Å². The number of rotatable bonds is 5. The zero-order valence-corrected chi connectivity index (χ0v) is 18.5. The summed E-state index contributed by atoms with van der Waals surface area (Å²) >= 11 is 6.21. The highest BCUT2D eigenvalue weighted by atomic mass is 35.5. The molecule has 10 heteroatoms. The molecule has 0 atom stereocenters. The molecule has 1 aliphatic heterocycles. The van der Waals surface area contributed by atoms with Crippen molar-refractivity contribution in [1.29, 1.82) is 0 Å². The normalized spacial score (nSPS) is 14.9. The highest BCUT2D eigenvalue weighted by Gasteiger charge is 2.31. The Morgan fingerprint density at radius 3 is 2.41 bits per heavy atom. The lowest BCUT2D eigenvalue weighted by Crippen LogP contribution is -2.48. The number of sulfonamides is 1. The molecule has 1 fully saturated rings. The zero-order valence-electron chi connectivity index (χ0n) is 16.9. The van der Waals surface area contributed by atoms with E-state index in [-0.39, 0.29) is 34.4 Å². The molecule has 0 radical (unpaired) electrons. The molecule has 2 aromatic carbocycles. The maximum Gasteiger partial charge on any atom is 0.255 e. The molecule has 0 aliphatic carbocycles. The number of anilines is 2. The summed E-state index contributed by atoms with van der Waals surface area (Å²) in [6.07, 6.45) is 3.07. The van der Waals surface area contributed by atoms with Gasteiger partial charge in [0.15, 0.2) is 0 Å². The lowest BCUT2D eigenvalue weighted by Gasteiger charge is -2.35. The molecule has 1 aromatic heterocycles. The van der Waals surface area contributed by atoms with Crippen molar-refractivity contribution in [3.05, 3.63) is 83.4 Å². The van der Waals surface area contributed by atoms with Crippen LogP contribution < -0.4 is 10.2 Å². The number of hydrogen-bond donors (Lipinski definition) is 1. The molecule has 0 spiro atoms. The molecule has 3 aromatic rings. The first-order chi connectivity index (χ1) is 15.3. The maximum atomic E-state index is 13.3. The van der Waals surface area contributed by atoms with Crippen LogP contribution in [0.25, 0.3) is 0 Å². The molecule has 1 amide bonds. The molecule has 32 heavy (non-hydrogen) atoms. The van der Waals surface area contributed by atoms with Gasteiger partial charge in [-0.1, -0.05) is 11.6 Å². The first kappa shape index (κ1) is 22.2. The average Bonchev–Trinajstić information content (AvgIpc) is 2.80. The summed E-state index contributed by atoms with van der Waals surface area (Å²) in [6, 6.07) is 13.6. The van der Waals surface area contributed by atoms with E-state index >= 15 is 0 Å². The summed E-state index contributed by atoms with van der Waals surface area (Å²) < 4.78 is 41.0. The van der Waals surface area contributed by atoms with Crippen molar-refractivity contribution in [2.24, 2.45) is 0 Å². The lowest BCUT2D eigenvalue weighted by atomic mass is 10.2. The van der Waals surface area contributed by atoms with Crippen molar-refractivity contribution in [1.82, 2.24) is 9.29 Å². The van der Waals surface area contributed by atoms with E-state index in [0.717, 1.165) is 5.69 Å². The molecule has 7 nitrogen and oxygen atoms in total. The van der Waals surface area contributed by atoms with Crippen LogP contribution in [-0.2, 0) is 10.0 Å². The predicted octanol–water partition coefficient (Wildman–Crippen LogP) is 3.64. The first-order valence-electron chi connectivity index (χ1n) is 9.86. The van der Waals surface area contributed by atoms with E-state index in [2.05, 4.69) is 10.3 Å². The number of hydrogen-bond acceptors (Lipinski definition) is 5. The molecule has 1 saturated heterocycles. The third-order valence-corrected chi connectivity index (χ3v) is 7.54. The fourth-order valence-corrected chi connectivity index (χ4v) is 5.38. The molecule has 2 heterocycles. The number of piperazine rings is 1. The standard InChI is InChI=1S/C22H20ClFN4O3S/c23-20-8-3-16(22(29)26-18-2-1-9-25-15-18)14-21(20)32(30,31)28-12-10-27(11-13-28)19-6-4-17(24)5-7-19/h1-9,14-15H,10-13H2,(H,26,29). The van der Waals surface area contributed by atoms with E-state index in [0.29, 0.717) is 18.8 Å². The first-order valence-corrected chi connectivity index (χ1v) is 11.7. The van der Waals surface area contributed by atoms with Gasteiger partial charge in [0.05, 0.1) is 16.9 Å². The van der Waals surface area contributed by atoms with Gasteiger partial charge in [0, 0.05) is 43.6 Å². The maximum absolute atomic E-state index is 13.3. The Morgan fingerprint density at radius 2 is 1.75 bits per heavy atom. The van der Waals surface area contributed by atoms with Crippen LogP contribution in [-0.4, -0.2) is 49.8 Å². The summed E-state index contributed by atoms with van der Waals surface area (Å²) in [5.41, 5.74) is 1.49. The molecule has 0 saturated carbocycles. The van der Waals surface area contributed by atoms with Crippen LogP contribution in [0.1, 0.15) is 10.4 Å². The second-order valence-electron chi connectivity index (χ2n) is 7.21. The van der Waals surface area contributed by atoms with Gasteiger partial charge in [-0.3, -0.25) is 9.78 Å². The van der Waals surface area contributed by atoms with Crippen LogP contribution >= 0.6 is 11.6 Å². The number of carbonyl (C=O) groups excluding carboxylic acids is 1. The molecule has 166 valence electrons. The van der Waals surface area contributed by atoms with E-state index in [1.807, 2.05) is 4.90 Å². The van der Waals surface area contributed by atoms with Gasteiger partial charge in [0.25, 0.3) is 5.91 Å². The Morgan fingerprint density at radius 1 is 1.03 bits per heavy atom. The minimum absolute atomic E-state index is 0.0453. The van der Waals surface area contributed by atoms with Crippen molar-refractivity contribution in [3.63, 3.8) is 0 Å². The van der Waals surface area contributed by atoms with Gasteiger partial charge in [-0.25, -0.2) is 12.8 Å². The predicted molar refractivity (Wildman–Crippen MR) is 121 cm³/mol. The molecule has 0 bridgehead atoms. The largest absolute Gasteiger partial charge is 0.369 e. The van der Waals surface area contributed by atoms with Crippen molar-refractivity contribution in [3.8, 4) is 0 Å². The van der Waals surface area contributed by atoms with Crippen molar-refractivity contribution < 1.29 is 17.6 Å². The quantitative estimate of drug-likeness (QED) is 0.610. The topological polar surface area (TPSA) is 82.6 Å². The van der Waals surface area contributed by atoms with Gasteiger partial charge in [0.1, 0.15) is 10.7 Å². The Hall–Kier alpha value is -3.01. The monoisotopic (exact) mass is 474 g/mol. The third-order valence-electron chi connectivity index (χ3n) is 5.16. The second-order valence-corrected chi connectivity index (χ2v) is 9.52. The summed E-state index contributed by atoms with van der Waals surface area (Å²) in [7, 11) is -3.91. The smallest absolute Gasteiger partial charge is 0.255 e. The molecule has 0 unspecified atom stereocenters. The number of benzene rings is 2. The van der Waals surface area contributed by atoms with Gasteiger partial charge < -0.3 is 10.2 Å². The number of amides is 1. The SMILES string of the molecule is O=C(Nc1cccnc1)c1ccc(Cl)c(S(=O)(=O)N2CCN(c3ccc(F)cc3)CC2)c1. The van der Waals surface area contributed by atoms with E-state index in [9.17, 15) is 17.6 Å². The van der Waals surface area contributed by atoms with E-state index in [4.69, 9.17) is 11.6 Å². The van der Waals surface area contributed by atoms with Gasteiger partial charge in [0.2, 0.25) is 10.0 Å². The van der Waals surface area contributed by atoms with Crippen molar-refractivity contribution in [2.75, 3.05) is 36.4 Å². The number of nitrogens with one attached hydrogen (secondary N) is 1. The molecule has 1 aliphatic rings. The van der Waals surface area contributed by atoms with Crippen molar-refractivity contribution in [2.45, 2.75) is 4.90 Å². The fraction of sp³-hybridized carbons (Fsp3) is 0.182. The fourth-order valence-electron chi connectivity index (χ4n) is 3.46. The zero-order chi connectivity index (χ0) is 22.7. The summed E-state index contributed by atoms with van der Waals surface area (Å²) in [4.78, 5) is 18.4. The second kappa shape index (κ2) is 9.23.